The lowest BCUT2D eigenvalue weighted by molar-refractivity contribution is -0.118. The van der Waals surface area contributed by atoms with Gasteiger partial charge in [0.05, 0.1) is 6.04 Å². The molecular weight excluding hydrogens is 176 g/mol. The van der Waals surface area contributed by atoms with E-state index in [1.54, 1.807) is 0 Å². The SMILES string of the molecule is CCCCS(=O)CC(N)C(N)=O. The van der Waals surface area contributed by atoms with Crippen molar-refractivity contribution >= 4 is 16.7 Å². The lowest BCUT2D eigenvalue weighted by atomic mass is 10.3. The fraction of sp³-hybridized carbons (Fsp3) is 0.857. The molecular formula is C7H16N2O2S. The molecule has 1 amide bonds. The summed E-state index contributed by atoms with van der Waals surface area (Å²) >= 11 is 0. The van der Waals surface area contributed by atoms with Crippen LogP contribution in [0.2, 0.25) is 0 Å². The Morgan fingerprint density at radius 2 is 2.17 bits per heavy atom. The minimum Gasteiger partial charge on any atom is -0.368 e. The lowest BCUT2D eigenvalue weighted by Crippen LogP contribution is -2.41. The minimum atomic E-state index is -0.996. The Bertz CT molecular complexity index is 173. The molecule has 0 saturated carbocycles. The number of rotatable bonds is 6. The highest BCUT2D eigenvalue weighted by molar-refractivity contribution is 7.85. The Morgan fingerprint density at radius 3 is 2.58 bits per heavy atom. The molecule has 0 saturated heterocycles. The third-order valence-corrected chi connectivity index (χ3v) is 2.93. The van der Waals surface area contributed by atoms with Crippen molar-refractivity contribution < 1.29 is 9.00 Å². The van der Waals surface area contributed by atoms with Gasteiger partial charge >= 0.3 is 0 Å². The van der Waals surface area contributed by atoms with E-state index in [0.717, 1.165) is 12.8 Å². The molecule has 2 atom stereocenters. The van der Waals surface area contributed by atoms with E-state index in [2.05, 4.69) is 0 Å². The second-order valence-corrected chi connectivity index (χ2v) is 4.29. The number of hydrogen-bond donors (Lipinski definition) is 2. The molecule has 0 aliphatic carbocycles. The van der Waals surface area contributed by atoms with Gasteiger partial charge in [-0.15, -0.1) is 0 Å². The third-order valence-electron chi connectivity index (χ3n) is 1.46. The van der Waals surface area contributed by atoms with Crippen molar-refractivity contribution in [1.82, 2.24) is 0 Å². The smallest absolute Gasteiger partial charge is 0.235 e. The van der Waals surface area contributed by atoms with E-state index in [1.165, 1.54) is 0 Å². The zero-order chi connectivity index (χ0) is 9.56. The Hall–Kier alpha value is -0.420. The Labute approximate surface area is 75.1 Å². The van der Waals surface area contributed by atoms with Gasteiger partial charge in [-0.25, -0.2) is 0 Å². The summed E-state index contributed by atoms with van der Waals surface area (Å²) in [6.07, 6.45) is 1.90. The topological polar surface area (TPSA) is 86.2 Å². The van der Waals surface area contributed by atoms with Crippen molar-refractivity contribution in [3.05, 3.63) is 0 Å². The highest BCUT2D eigenvalue weighted by Gasteiger charge is 2.12. The molecule has 0 aromatic rings. The zero-order valence-corrected chi connectivity index (χ0v) is 8.10. The molecule has 0 bridgehead atoms. The second kappa shape index (κ2) is 6.14. The summed E-state index contributed by atoms with van der Waals surface area (Å²) in [5, 5.41) is 0. The summed E-state index contributed by atoms with van der Waals surface area (Å²) in [4.78, 5) is 10.5. The molecule has 0 fully saturated rings. The van der Waals surface area contributed by atoms with Crippen LogP contribution in [0.1, 0.15) is 19.8 Å². The predicted octanol–water partition coefficient (Wildman–Crippen LogP) is -0.652. The molecule has 72 valence electrons. The van der Waals surface area contributed by atoms with E-state index < -0.39 is 22.7 Å². The van der Waals surface area contributed by atoms with E-state index >= 15 is 0 Å². The molecule has 0 rings (SSSR count). The summed E-state index contributed by atoms with van der Waals surface area (Å²) in [6, 6.07) is -0.761. The number of carbonyl (C=O) groups is 1. The first-order chi connectivity index (χ1) is 5.57. The average Bonchev–Trinajstić information content (AvgIpc) is 2.00. The van der Waals surface area contributed by atoms with Gasteiger partial charge in [-0.3, -0.25) is 9.00 Å². The predicted molar refractivity (Wildman–Crippen MR) is 50.0 cm³/mol. The number of primary amides is 1. The van der Waals surface area contributed by atoms with Crippen molar-refractivity contribution in [3.8, 4) is 0 Å². The van der Waals surface area contributed by atoms with Crippen LogP contribution in [-0.2, 0) is 15.6 Å². The first kappa shape index (κ1) is 11.6. The van der Waals surface area contributed by atoms with Crippen LogP contribution in [0.15, 0.2) is 0 Å². The molecule has 0 radical (unpaired) electrons. The van der Waals surface area contributed by atoms with E-state index in [4.69, 9.17) is 11.5 Å². The van der Waals surface area contributed by atoms with Crippen LogP contribution in [0.4, 0.5) is 0 Å². The van der Waals surface area contributed by atoms with Gasteiger partial charge in [0, 0.05) is 22.3 Å². The largest absolute Gasteiger partial charge is 0.368 e. The van der Waals surface area contributed by atoms with Crippen LogP contribution < -0.4 is 11.5 Å². The highest BCUT2D eigenvalue weighted by atomic mass is 32.2. The van der Waals surface area contributed by atoms with Crippen molar-refractivity contribution in [2.24, 2.45) is 11.5 Å². The summed E-state index contributed by atoms with van der Waals surface area (Å²) in [7, 11) is -0.996. The lowest BCUT2D eigenvalue weighted by Gasteiger charge is -2.05. The normalized spacial score (nSPS) is 15.5. The van der Waals surface area contributed by atoms with Crippen LogP contribution in [0.5, 0.6) is 0 Å². The van der Waals surface area contributed by atoms with Crippen LogP contribution in [0, 0.1) is 0 Å². The van der Waals surface area contributed by atoms with Crippen molar-refractivity contribution in [1.29, 1.82) is 0 Å². The quantitative estimate of drug-likeness (QED) is 0.586. The van der Waals surface area contributed by atoms with E-state index in [1.807, 2.05) is 6.92 Å². The molecule has 0 aromatic heterocycles. The molecule has 0 aliphatic rings. The Kier molecular flexibility index (Phi) is 5.92. The van der Waals surface area contributed by atoms with Crippen LogP contribution in [0.3, 0.4) is 0 Å². The molecule has 0 spiro atoms. The van der Waals surface area contributed by atoms with Crippen molar-refractivity contribution in [2.45, 2.75) is 25.8 Å². The maximum Gasteiger partial charge on any atom is 0.235 e. The number of carbonyl (C=O) groups excluding carboxylic acids is 1. The van der Waals surface area contributed by atoms with Gasteiger partial charge in [0.15, 0.2) is 0 Å². The third kappa shape index (κ3) is 5.26. The first-order valence-corrected chi connectivity index (χ1v) is 5.46. The number of amides is 1. The van der Waals surface area contributed by atoms with Gasteiger partial charge in [0.25, 0.3) is 0 Å². The fourth-order valence-corrected chi connectivity index (χ4v) is 2.01. The standard InChI is InChI=1S/C7H16N2O2S/c1-2-3-4-12(11)5-6(8)7(9)10/h6H,2-5,8H2,1H3,(H2,9,10). The van der Waals surface area contributed by atoms with E-state index in [9.17, 15) is 9.00 Å². The van der Waals surface area contributed by atoms with Gasteiger partial charge in [0.2, 0.25) is 5.91 Å². The summed E-state index contributed by atoms with van der Waals surface area (Å²) in [5.74, 6) is 0.215. The molecule has 0 heterocycles. The Balaban J connectivity index is 3.61. The van der Waals surface area contributed by atoms with Gasteiger partial charge in [0.1, 0.15) is 0 Å². The summed E-state index contributed by atoms with van der Waals surface area (Å²) in [6.45, 7) is 2.02. The van der Waals surface area contributed by atoms with Crippen molar-refractivity contribution in [3.63, 3.8) is 0 Å². The van der Waals surface area contributed by atoms with Crippen LogP contribution in [-0.4, -0.2) is 27.7 Å². The summed E-state index contributed by atoms with van der Waals surface area (Å²) < 4.78 is 11.1. The fourth-order valence-electron chi connectivity index (χ4n) is 0.671. The number of hydrogen-bond acceptors (Lipinski definition) is 3. The minimum absolute atomic E-state index is 0.190. The molecule has 12 heavy (non-hydrogen) atoms. The van der Waals surface area contributed by atoms with Crippen LogP contribution in [0.25, 0.3) is 0 Å². The summed E-state index contributed by atoms with van der Waals surface area (Å²) in [5.41, 5.74) is 10.2. The Morgan fingerprint density at radius 1 is 1.58 bits per heavy atom. The highest BCUT2D eigenvalue weighted by Crippen LogP contribution is 1.93. The van der Waals surface area contributed by atoms with E-state index in [-0.39, 0.29) is 5.75 Å². The van der Waals surface area contributed by atoms with Crippen molar-refractivity contribution in [2.75, 3.05) is 11.5 Å². The molecule has 2 unspecified atom stereocenters. The molecule has 0 aromatic carbocycles. The zero-order valence-electron chi connectivity index (χ0n) is 7.29. The number of unbranched alkanes of at least 4 members (excludes halogenated alkanes) is 1. The van der Waals surface area contributed by atoms with Gasteiger partial charge in [-0.05, 0) is 6.42 Å². The maximum atomic E-state index is 11.1. The van der Waals surface area contributed by atoms with Gasteiger partial charge in [-0.1, -0.05) is 13.3 Å². The molecule has 4 N–H and O–H groups in total. The van der Waals surface area contributed by atoms with Gasteiger partial charge < -0.3 is 11.5 Å². The average molecular weight is 192 g/mol. The molecule has 5 heteroatoms. The second-order valence-electron chi connectivity index (χ2n) is 2.67. The van der Waals surface area contributed by atoms with Crippen LogP contribution >= 0.6 is 0 Å². The molecule has 0 aliphatic heterocycles. The number of nitrogens with two attached hydrogens (primary N) is 2. The monoisotopic (exact) mass is 192 g/mol. The van der Waals surface area contributed by atoms with Gasteiger partial charge in [-0.2, -0.15) is 0 Å². The maximum absolute atomic E-state index is 11.1. The first-order valence-electron chi connectivity index (χ1n) is 3.97. The molecule has 4 nitrogen and oxygen atoms in total. The van der Waals surface area contributed by atoms with E-state index in [0.29, 0.717) is 5.75 Å².